The molecule has 0 bridgehead atoms. The van der Waals surface area contributed by atoms with E-state index in [9.17, 15) is 15.3 Å². The SMILES string of the molecule is COc1ccc(Cc2ccc(N)cc2O[C@@H]2O[C@H](CO)C[C@H](O)[C@H]2O)cc1. The number of hydrogen-bond donors (Lipinski definition) is 4. The zero-order valence-electron chi connectivity index (χ0n) is 15.1. The van der Waals surface area contributed by atoms with Gasteiger partial charge in [-0.2, -0.15) is 0 Å². The molecule has 1 aliphatic rings. The molecule has 0 unspecified atom stereocenters. The number of hydrogen-bond acceptors (Lipinski definition) is 7. The van der Waals surface area contributed by atoms with Crippen LogP contribution in [0.4, 0.5) is 5.69 Å². The van der Waals surface area contributed by atoms with Gasteiger partial charge in [-0.1, -0.05) is 18.2 Å². The number of nitrogens with two attached hydrogens (primary N) is 1. The van der Waals surface area contributed by atoms with Crippen LogP contribution in [0.1, 0.15) is 17.5 Å². The predicted molar refractivity (Wildman–Crippen MR) is 99.7 cm³/mol. The van der Waals surface area contributed by atoms with Gasteiger partial charge in [-0.3, -0.25) is 0 Å². The molecule has 1 aliphatic heterocycles. The molecule has 0 amide bonds. The van der Waals surface area contributed by atoms with Crippen molar-refractivity contribution in [3.63, 3.8) is 0 Å². The van der Waals surface area contributed by atoms with Crippen LogP contribution in [-0.2, 0) is 11.2 Å². The Bertz CT molecular complexity index is 751. The molecule has 0 saturated carbocycles. The van der Waals surface area contributed by atoms with Crippen molar-refractivity contribution in [1.82, 2.24) is 0 Å². The highest BCUT2D eigenvalue weighted by molar-refractivity contribution is 5.50. The van der Waals surface area contributed by atoms with E-state index in [2.05, 4.69) is 0 Å². The zero-order chi connectivity index (χ0) is 19.4. The Kier molecular flexibility index (Phi) is 6.18. The fourth-order valence-electron chi connectivity index (χ4n) is 3.05. The maximum Gasteiger partial charge on any atom is 0.229 e. The average molecular weight is 375 g/mol. The topological polar surface area (TPSA) is 114 Å². The van der Waals surface area contributed by atoms with Gasteiger partial charge in [0.2, 0.25) is 6.29 Å². The normalized spacial score (nSPS) is 25.2. The molecule has 1 fully saturated rings. The van der Waals surface area contributed by atoms with E-state index in [0.29, 0.717) is 17.9 Å². The molecule has 7 heteroatoms. The summed E-state index contributed by atoms with van der Waals surface area (Å²) in [5.74, 6) is 1.23. The highest BCUT2D eigenvalue weighted by atomic mass is 16.7. The first-order valence-corrected chi connectivity index (χ1v) is 8.80. The lowest BCUT2D eigenvalue weighted by atomic mass is 10.0. The zero-order valence-corrected chi connectivity index (χ0v) is 15.1. The molecule has 0 spiro atoms. The lowest BCUT2D eigenvalue weighted by Crippen LogP contribution is -2.51. The summed E-state index contributed by atoms with van der Waals surface area (Å²) in [5, 5.41) is 29.5. The van der Waals surface area contributed by atoms with Crippen LogP contribution in [0.15, 0.2) is 42.5 Å². The molecule has 27 heavy (non-hydrogen) atoms. The van der Waals surface area contributed by atoms with Crippen LogP contribution in [0.5, 0.6) is 11.5 Å². The lowest BCUT2D eigenvalue weighted by molar-refractivity contribution is -0.240. The largest absolute Gasteiger partial charge is 0.497 e. The van der Waals surface area contributed by atoms with Crippen LogP contribution in [0, 0.1) is 0 Å². The van der Waals surface area contributed by atoms with Crippen molar-refractivity contribution >= 4 is 5.69 Å². The quantitative estimate of drug-likeness (QED) is 0.559. The minimum absolute atomic E-state index is 0.146. The smallest absolute Gasteiger partial charge is 0.229 e. The van der Waals surface area contributed by atoms with Crippen LogP contribution >= 0.6 is 0 Å². The second-order valence-electron chi connectivity index (χ2n) is 6.61. The minimum Gasteiger partial charge on any atom is -0.497 e. The van der Waals surface area contributed by atoms with Gasteiger partial charge in [-0.05, 0) is 29.3 Å². The standard InChI is InChI=1S/C20H25NO6/c1-25-15-6-2-12(3-7-15)8-13-4-5-14(21)9-18(13)27-20-19(24)17(23)10-16(11-22)26-20/h2-7,9,16-17,19-20,22-24H,8,10-11,21H2,1H3/t16-,17-,19+,20-/m0/s1. The summed E-state index contributed by atoms with van der Waals surface area (Å²) in [4.78, 5) is 0. The van der Waals surface area contributed by atoms with Crippen LogP contribution in [0.2, 0.25) is 0 Å². The van der Waals surface area contributed by atoms with Gasteiger partial charge in [-0.25, -0.2) is 0 Å². The molecule has 0 aliphatic carbocycles. The van der Waals surface area contributed by atoms with Crippen LogP contribution in [-0.4, -0.2) is 53.6 Å². The van der Waals surface area contributed by atoms with Crippen LogP contribution in [0.3, 0.4) is 0 Å². The molecule has 3 rings (SSSR count). The van der Waals surface area contributed by atoms with Gasteiger partial charge >= 0.3 is 0 Å². The van der Waals surface area contributed by atoms with Crippen molar-refractivity contribution < 1.29 is 29.5 Å². The molecule has 4 atom stereocenters. The Morgan fingerprint density at radius 1 is 1.15 bits per heavy atom. The fraction of sp³-hybridized carbons (Fsp3) is 0.400. The monoisotopic (exact) mass is 375 g/mol. The van der Waals surface area contributed by atoms with Crippen molar-refractivity contribution in [3.8, 4) is 11.5 Å². The van der Waals surface area contributed by atoms with Gasteiger partial charge in [0.15, 0.2) is 0 Å². The average Bonchev–Trinajstić information content (AvgIpc) is 2.67. The van der Waals surface area contributed by atoms with Crippen molar-refractivity contribution in [2.75, 3.05) is 19.5 Å². The molecule has 0 aromatic heterocycles. The summed E-state index contributed by atoms with van der Waals surface area (Å²) in [6.45, 7) is -0.265. The molecule has 146 valence electrons. The summed E-state index contributed by atoms with van der Waals surface area (Å²) in [6.07, 6.45) is -3.22. The molecule has 2 aromatic rings. The Labute approximate surface area is 157 Å². The molecular weight excluding hydrogens is 350 g/mol. The van der Waals surface area contributed by atoms with Crippen molar-refractivity contribution in [2.45, 2.75) is 37.4 Å². The van der Waals surface area contributed by atoms with E-state index in [0.717, 1.165) is 16.9 Å². The summed E-state index contributed by atoms with van der Waals surface area (Å²) < 4.78 is 16.6. The van der Waals surface area contributed by atoms with E-state index < -0.39 is 24.6 Å². The number of aliphatic hydroxyl groups excluding tert-OH is 3. The summed E-state index contributed by atoms with van der Waals surface area (Å²) in [6, 6.07) is 12.9. The maximum atomic E-state index is 10.2. The molecule has 1 heterocycles. The van der Waals surface area contributed by atoms with E-state index >= 15 is 0 Å². The van der Waals surface area contributed by atoms with Gasteiger partial charge < -0.3 is 35.3 Å². The van der Waals surface area contributed by atoms with E-state index in [-0.39, 0.29) is 13.0 Å². The first-order chi connectivity index (χ1) is 13.0. The molecule has 1 saturated heterocycles. The van der Waals surface area contributed by atoms with Crippen LogP contribution in [0.25, 0.3) is 0 Å². The minimum atomic E-state index is -1.22. The van der Waals surface area contributed by atoms with Gasteiger partial charge in [0.25, 0.3) is 0 Å². The highest BCUT2D eigenvalue weighted by Gasteiger charge is 2.38. The second-order valence-corrected chi connectivity index (χ2v) is 6.61. The van der Waals surface area contributed by atoms with Gasteiger partial charge in [-0.15, -0.1) is 0 Å². The highest BCUT2D eigenvalue weighted by Crippen LogP contribution is 2.29. The number of nitrogen functional groups attached to an aromatic ring is 1. The Morgan fingerprint density at radius 3 is 2.56 bits per heavy atom. The van der Waals surface area contributed by atoms with Crippen molar-refractivity contribution in [2.24, 2.45) is 0 Å². The molecule has 5 N–H and O–H groups in total. The van der Waals surface area contributed by atoms with Crippen LogP contribution < -0.4 is 15.2 Å². The number of rotatable bonds is 6. The summed E-state index contributed by atoms with van der Waals surface area (Å²) >= 11 is 0. The Morgan fingerprint density at radius 2 is 1.89 bits per heavy atom. The fourth-order valence-corrected chi connectivity index (χ4v) is 3.05. The Hall–Kier alpha value is -2.32. The predicted octanol–water partition coefficient (Wildman–Crippen LogP) is 1.08. The molecule has 0 radical (unpaired) electrons. The van der Waals surface area contributed by atoms with Gasteiger partial charge in [0.05, 0.1) is 25.9 Å². The van der Waals surface area contributed by atoms with E-state index in [1.54, 1.807) is 19.2 Å². The summed E-state index contributed by atoms with van der Waals surface area (Å²) in [5.41, 5.74) is 8.30. The number of methoxy groups -OCH3 is 1. The molecular formula is C20H25NO6. The number of ether oxygens (including phenoxy) is 3. The number of benzene rings is 2. The van der Waals surface area contributed by atoms with Crippen molar-refractivity contribution in [1.29, 1.82) is 0 Å². The Balaban J connectivity index is 1.80. The van der Waals surface area contributed by atoms with E-state index in [1.165, 1.54) is 0 Å². The second kappa shape index (κ2) is 8.58. The van der Waals surface area contributed by atoms with E-state index in [1.807, 2.05) is 30.3 Å². The third-order valence-corrected chi connectivity index (χ3v) is 4.60. The van der Waals surface area contributed by atoms with Gasteiger partial charge in [0, 0.05) is 24.6 Å². The maximum absolute atomic E-state index is 10.2. The third-order valence-electron chi connectivity index (χ3n) is 4.60. The lowest BCUT2D eigenvalue weighted by Gasteiger charge is -2.36. The van der Waals surface area contributed by atoms with Gasteiger partial charge in [0.1, 0.15) is 17.6 Å². The number of aliphatic hydroxyl groups is 3. The third kappa shape index (κ3) is 4.70. The summed E-state index contributed by atoms with van der Waals surface area (Å²) in [7, 11) is 1.62. The van der Waals surface area contributed by atoms with Crippen molar-refractivity contribution in [3.05, 3.63) is 53.6 Å². The molecule has 7 nitrogen and oxygen atoms in total. The first-order valence-electron chi connectivity index (χ1n) is 8.80. The van der Waals surface area contributed by atoms with E-state index in [4.69, 9.17) is 19.9 Å². The number of anilines is 1. The molecule has 2 aromatic carbocycles. The first kappa shape index (κ1) is 19.4.